The molecular weight excluding hydrogens is 332 g/mol. The maximum atomic E-state index is 12.8. The molecule has 0 fully saturated rings. The van der Waals surface area contributed by atoms with Crippen LogP contribution in [0.15, 0.2) is 40.1 Å². The third-order valence-corrected chi connectivity index (χ3v) is 5.91. The second kappa shape index (κ2) is 6.28. The second-order valence-electron chi connectivity index (χ2n) is 6.98. The number of hydrogen-bond donors (Lipinski definition) is 1. The van der Waals surface area contributed by atoms with Gasteiger partial charge in [-0.15, -0.1) is 0 Å². The minimum absolute atomic E-state index is 0.152. The molecular formula is C17H22N6OSi. The van der Waals surface area contributed by atoms with E-state index in [9.17, 15) is 4.79 Å². The Balaban J connectivity index is 2.06. The van der Waals surface area contributed by atoms with Gasteiger partial charge in [0.15, 0.2) is 5.69 Å². The van der Waals surface area contributed by atoms with E-state index in [1.807, 2.05) is 49.0 Å². The van der Waals surface area contributed by atoms with Crippen molar-refractivity contribution >= 4 is 25.3 Å². The molecule has 25 heavy (non-hydrogen) atoms. The zero-order valence-electron chi connectivity index (χ0n) is 15.1. The minimum atomic E-state index is -1.63. The van der Waals surface area contributed by atoms with E-state index in [0.717, 1.165) is 16.7 Å². The van der Waals surface area contributed by atoms with Gasteiger partial charge in [-0.3, -0.25) is 9.48 Å². The van der Waals surface area contributed by atoms with Gasteiger partial charge < -0.3 is 0 Å². The fourth-order valence-corrected chi connectivity index (χ4v) is 3.98. The zero-order chi connectivity index (χ0) is 18.2. The predicted molar refractivity (Wildman–Crippen MR) is 102 cm³/mol. The number of benzene rings is 1. The van der Waals surface area contributed by atoms with Crippen LogP contribution in [-0.2, 0) is 7.05 Å². The minimum Gasteiger partial charge on any atom is -0.283 e. The number of aromatic nitrogens is 5. The molecule has 0 aliphatic carbocycles. The van der Waals surface area contributed by atoms with E-state index in [1.54, 1.807) is 10.9 Å². The molecule has 0 bridgehead atoms. The number of aromatic amines is 1. The van der Waals surface area contributed by atoms with Crippen molar-refractivity contribution in [2.24, 2.45) is 12.0 Å². The Hall–Kier alpha value is -2.74. The SMILES string of the molecule is Cc1c(N=Cc2n[nH]nc2[Si](C)(C)C)c(=O)n(-c2ccccc2)n1C. The van der Waals surface area contributed by atoms with Crippen molar-refractivity contribution in [2.45, 2.75) is 26.6 Å². The van der Waals surface area contributed by atoms with Gasteiger partial charge >= 0.3 is 0 Å². The Morgan fingerprint density at radius 1 is 1.16 bits per heavy atom. The Morgan fingerprint density at radius 3 is 2.48 bits per heavy atom. The van der Waals surface area contributed by atoms with Gasteiger partial charge in [-0.1, -0.05) is 37.8 Å². The van der Waals surface area contributed by atoms with E-state index in [2.05, 4.69) is 40.0 Å². The Labute approximate surface area is 147 Å². The normalized spacial score (nSPS) is 12.2. The molecule has 1 N–H and O–H groups in total. The topological polar surface area (TPSA) is 80.9 Å². The summed E-state index contributed by atoms with van der Waals surface area (Å²) in [6.45, 7) is 8.46. The van der Waals surface area contributed by atoms with Gasteiger partial charge in [-0.25, -0.2) is 9.67 Å². The number of nitrogens with one attached hydrogen (secondary N) is 1. The third kappa shape index (κ3) is 3.12. The number of rotatable bonds is 4. The number of H-pyrrole nitrogens is 1. The fraction of sp³-hybridized carbons (Fsp3) is 0.294. The Bertz CT molecular complexity index is 975. The van der Waals surface area contributed by atoms with Crippen LogP contribution >= 0.6 is 0 Å². The highest BCUT2D eigenvalue weighted by molar-refractivity contribution is 6.88. The van der Waals surface area contributed by atoms with E-state index in [-0.39, 0.29) is 5.56 Å². The summed E-state index contributed by atoms with van der Waals surface area (Å²) in [6, 6.07) is 9.53. The summed E-state index contributed by atoms with van der Waals surface area (Å²) < 4.78 is 3.43. The third-order valence-electron chi connectivity index (χ3n) is 4.13. The summed E-state index contributed by atoms with van der Waals surface area (Å²) in [5.41, 5.74) is 2.57. The molecule has 0 radical (unpaired) electrons. The molecule has 1 aromatic carbocycles. The van der Waals surface area contributed by atoms with Crippen LogP contribution in [0, 0.1) is 6.92 Å². The summed E-state index contributed by atoms with van der Waals surface area (Å²) in [5, 5.41) is 12.1. The molecule has 0 spiro atoms. The second-order valence-corrected chi connectivity index (χ2v) is 11.9. The number of hydrogen-bond acceptors (Lipinski definition) is 4. The van der Waals surface area contributed by atoms with E-state index in [4.69, 9.17) is 0 Å². The van der Waals surface area contributed by atoms with Crippen LogP contribution in [0.1, 0.15) is 11.4 Å². The van der Waals surface area contributed by atoms with Crippen molar-refractivity contribution in [2.75, 3.05) is 0 Å². The van der Waals surface area contributed by atoms with Crippen LogP contribution < -0.4 is 10.9 Å². The number of aliphatic imine (C=N–C) groups is 1. The van der Waals surface area contributed by atoms with E-state index in [0.29, 0.717) is 11.4 Å². The number of para-hydroxylation sites is 1. The average Bonchev–Trinajstić information content (AvgIpc) is 3.11. The molecule has 2 aromatic heterocycles. The monoisotopic (exact) mass is 354 g/mol. The van der Waals surface area contributed by atoms with E-state index < -0.39 is 8.07 Å². The van der Waals surface area contributed by atoms with Crippen molar-refractivity contribution in [1.29, 1.82) is 0 Å². The molecule has 0 saturated heterocycles. The largest absolute Gasteiger partial charge is 0.297 e. The van der Waals surface area contributed by atoms with Crippen LogP contribution in [0.2, 0.25) is 19.6 Å². The summed E-state index contributed by atoms with van der Waals surface area (Å²) in [7, 11) is 0.219. The molecule has 130 valence electrons. The van der Waals surface area contributed by atoms with Crippen LogP contribution in [0.4, 0.5) is 5.69 Å². The molecule has 3 aromatic rings. The van der Waals surface area contributed by atoms with Gasteiger partial charge in [-0.2, -0.15) is 15.4 Å². The molecule has 0 unspecified atom stereocenters. The van der Waals surface area contributed by atoms with Crippen molar-refractivity contribution in [3.8, 4) is 5.69 Å². The van der Waals surface area contributed by atoms with Crippen LogP contribution in [0.5, 0.6) is 0 Å². The molecule has 0 atom stereocenters. The first-order valence-corrected chi connectivity index (χ1v) is 11.6. The van der Waals surface area contributed by atoms with Crippen molar-refractivity contribution < 1.29 is 0 Å². The fourth-order valence-electron chi connectivity index (χ4n) is 2.71. The molecule has 0 saturated carbocycles. The lowest BCUT2D eigenvalue weighted by Crippen LogP contribution is -2.41. The van der Waals surface area contributed by atoms with Gasteiger partial charge in [0.2, 0.25) is 0 Å². The predicted octanol–water partition coefficient (Wildman–Crippen LogP) is 1.90. The highest BCUT2D eigenvalue weighted by Gasteiger charge is 2.24. The van der Waals surface area contributed by atoms with Gasteiger partial charge in [-0.05, 0) is 19.1 Å². The molecule has 3 rings (SSSR count). The summed E-state index contributed by atoms with van der Waals surface area (Å²) in [6.07, 6.45) is 1.64. The molecule has 0 amide bonds. The van der Waals surface area contributed by atoms with Crippen LogP contribution in [0.3, 0.4) is 0 Å². The highest BCUT2D eigenvalue weighted by atomic mass is 28.3. The average molecular weight is 354 g/mol. The molecule has 2 heterocycles. The quantitative estimate of drug-likeness (QED) is 0.574. The smallest absolute Gasteiger partial charge is 0.283 e. The van der Waals surface area contributed by atoms with Crippen molar-refractivity contribution in [3.05, 3.63) is 52.1 Å². The molecule has 8 heteroatoms. The zero-order valence-corrected chi connectivity index (χ0v) is 16.1. The maximum Gasteiger partial charge on any atom is 0.297 e. The number of nitrogens with zero attached hydrogens (tertiary/aromatic N) is 5. The molecule has 7 nitrogen and oxygen atoms in total. The first-order valence-electron chi connectivity index (χ1n) is 8.10. The maximum absolute atomic E-state index is 12.8. The lowest BCUT2D eigenvalue weighted by atomic mass is 10.3. The lowest BCUT2D eigenvalue weighted by Gasteiger charge is -2.11. The molecule has 0 aliphatic heterocycles. The van der Waals surface area contributed by atoms with Crippen molar-refractivity contribution in [3.63, 3.8) is 0 Å². The lowest BCUT2D eigenvalue weighted by molar-refractivity contribution is 0.630. The van der Waals surface area contributed by atoms with Gasteiger partial charge in [0, 0.05) is 7.05 Å². The Kier molecular flexibility index (Phi) is 4.30. The van der Waals surface area contributed by atoms with Crippen LogP contribution in [-0.4, -0.2) is 39.1 Å². The first-order chi connectivity index (χ1) is 11.8. The van der Waals surface area contributed by atoms with Gasteiger partial charge in [0.25, 0.3) is 5.56 Å². The van der Waals surface area contributed by atoms with Crippen LogP contribution in [0.25, 0.3) is 5.69 Å². The molecule has 0 aliphatic rings. The summed E-state index contributed by atoms with van der Waals surface area (Å²) in [5.74, 6) is 0. The first kappa shape index (κ1) is 17.1. The summed E-state index contributed by atoms with van der Waals surface area (Å²) >= 11 is 0. The Morgan fingerprint density at radius 2 is 1.84 bits per heavy atom. The van der Waals surface area contributed by atoms with Gasteiger partial charge in [0.1, 0.15) is 13.8 Å². The standard InChI is InChI=1S/C17H22N6OSi/c1-12-15(18-11-14-16(20-21-19-14)25(3,4)5)17(24)23(22(12)2)13-9-7-6-8-10-13/h6-11H,1-5H3,(H,19,20,21). The summed E-state index contributed by atoms with van der Waals surface area (Å²) in [4.78, 5) is 17.3. The van der Waals surface area contributed by atoms with Crippen molar-refractivity contribution in [1.82, 2.24) is 24.8 Å². The van der Waals surface area contributed by atoms with Gasteiger partial charge in [0.05, 0.1) is 22.9 Å². The van der Waals surface area contributed by atoms with E-state index >= 15 is 0 Å². The highest BCUT2D eigenvalue weighted by Crippen LogP contribution is 2.16. The van der Waals surface area contributed by atoms with E-state index in [1.165, 1.54) is 0 Å².